The Balaban J connectivity index is 2.29. The molecule has 0 aliphatic carbocycles. The molecule has 2 rings (SSSR count). The molecule has 1 aromatic carbocycles. The fraction of sp³-hybridized carbons (Fsp3) is 0.312. The molecule has 100 valence electrons. The summed E-state index contributed by atoms with van der Waals surface area (Å²) in [5.41, 5.74) is 10.1. The first-order valence-electron chi connectivity index (χ1n) is 6.48. The highest BCUT2D eigenvalue weighted by atomic mass is 16.5. The minimum absolute atomic E-state index is 0.469. The van der Waals surface area contributed by atoms with E-state index in [1.807, 2.05) is 25.1 Å². The van der Waals surface area contributed by atoms with Gasteiger partial charge in [0.2, 0.25) is 5.88 Å². The SMILES string of the molecule is Cc1cc(Oc2nccc(C)c2N)ccc1C(C)C. The number of aryl methyl sites for hydroxylation is 2. The zero-order valence-corrected chi connectivity index (χ0v) is 11.9. The van der Waals surface area contributed by atoms with Crippen LogP contribution >= 0.6 is 0 Å². The maximum absolute atomic E-state index is 5.96. The molecule has 19 heavy (non-hydrogen) atoms. The van der Waals surface area contributed by atoms with Gasteiger partial charge < -0.3 is 10.5 Å². The first-order chi connectivity index (χ1) is 8.99. The lowest BCUT2D eigenvalue weighted by Crippen LogP contribution is -1.98. The van der Waals surface area contributed by atoms with E-state index in [4.69, 9.17) is 10.5 Å². The van der Waals surface area contributed by atoms with E-state index in [0.29, 0.717) is 17.5 Å². The third kappa shape index (κ3) is 2.87. The molecule has 3 nitrogen and oxygen atoms in total. The number of aromatic nitrogens is 1. The van der Waals surface area contributed by atoms with E-state index < -0.39 is 0 Å². The standard InChI is InChI=1S/C16H20N2O/c1-10(2)14-6-5-13(9-12(14)4)19-16-15(17)11(3)7-8-18-16/h5-10H,17H2,1-4H3. The molecule has 1 heterocycles. The number of rotatable bonds is 3. The average molecular weight is 256 g/mol. The summed E-state index contributed by atoms with van der Waals surface area (Å²) in [6.45, 7) is 8.40. The second-order valence-electron chi connectivity index (χ2n) is 5.12. The van der Waals surface area contributed by atoms with E-state index in [9.17, 15) is 0 Å². The zero-order chi connectivity index (χ0) is 14.0. The highest BCUT2D eigenvalue weighted by Crippen LogP contribution is 2.29. The van der Waals surface area contributed by atoms with Gasteiger partial charge in [0.25, 0.3) is 0 Å². The van der Waals surface area contributed by atoms with Gasteiger partial charge in [-0.3, -0.25) is 0 Å². The maximum Gasteiger partial charge on any atom is 0.242 e. The number of nitrogens with two attached hydrogens (primary N) is 1. The lowest BCUT2D eigenvalue weighted by molar-refractivity contribution is 0.464. The number of anilines is 1. The summed E-state index contributed by atoms with van der Waals surface area (Å²) in [6.07, 6.45) is 1.70. The maximum atomic E-state index is 5.96. The third-order valence-corrected chi connectivity index (χ3v) is 3.25. The molecule has 0 unspecified atom stereocenters. The Morgan fingerprint density at radius 2 is 1.84 bits per heavy atom. The van der Waals surface area contributed by atoms with Crippen molar-refractivity contribution in [2.24, 2.45) is 0 Å². The van der Waals surface area contributed by atoms with Gasteiger partial charge in [-0.25, -0.2) is 4.98 Å². The van der Waals surface area contributed by atoms with Crippen molar-refractivity contribution in [3.8, 4) is 11.6 Å². The van der Waals surface area contributed by atoms with E-state index in [1.165, 1.54) is 11.1 Å². The van der Waals surface area contributed by atoms with Crippen LogP contribution in [-0.2, 0) is 0 Å². The molecule has 0 atom stereocenters. The predicted molar refractivity (Wildman–Crippen MR) is 78.7 cm³/mol. The summed E-state index contributed by atoms with van der Waals surface area (Å²) < 4.78 is 5.77. The van der Waals surface area contributed by atoms with E-state index in [2.05, 4.69) is 31.8 Å². The van der Waals surface area contributed by atoms with E-state index in [0.717, 1.165) is 11.3 Å². The molecule has 0 amide bonds. The highest BCUT2D eigenvalue weighted by molar-refractivity contribution is 5.55. The number of hydrogen-bond donors (Lipinski definition) is 1. The molecule has 0 radical (unpaired) electrons. The van der Waals surface area contributed by atoms with E-state index >= 15 is 0 Å². The van der Waals surface area contributed by atoms with Crippen LogP contribution in [0.15, 0.2) is 30.5 Å². The van der Waals surface area contributed by atoms with Gasteiger partial charge in [0.15, 0.2) is 0 Å². The van der Waals surface area contributed by atoms with Crippen molar-refractivity contribution in [2.75, 3.05) is 5.73 Å². The first kappa shape index (κ1) is 13.4. The van der Waals surface area contributed by atoms with Crippen molar-refractivity contribution in [1.82, 2.24) is 4.98 Å². The number of hydrogen-bond acceptors (Lipinski definition) is 3. The number of benzene rings is 1. The molecule has 2 aromatic rings. The number of ether oxygens (including phenoxy) is 1. The lowest BCUT2D eigenvalue weighted by Gasteiger charge is -2.13. The van der Waals surface area contributed by atoms with Gasteiger partial charge in [0.05, 0.1) is 5.69 Å². The van der Waals surface area contributed by atoms with Crippen LogP contribution in [0.4, 0.5) is 5.69 Å². The van der Waals surface area contributed by atoms with Gasteiger partial charge in [-0.15, -0.1) is 0 Å². The number of pyridine rings is 1. The summed E-state index contributed by atoms with van der Waals surface area (Å²) in [7, 11) is 0. The van der Waals surface area contributed by atoms with Gasteiger partial charge in [-0.1, -0.05) is 19.9 Å². The minimum Gasteiger partial charge on any atom is -0.437 e. The quantitative estimate of drug-likeness (QED) is 0.895. The summed E-state index contributed by atoms with van der Waals surface area (Å²) in [4.78, 5) is 4.17. The largest absolute Gasteiger partial charge is 0.437 e. The fourth-order valence-electron chi connectivity index (χ4n) is 2.10. The normalized spacial score (nSPS) is 10.8. The number of nitrogen functional groups attached to an aromatic ring is 1. The van der Waals surface area contributed by atoms with Crippen LogP contribution in [-0.4, -0.2) is 4.98 Å². The highest BCUT2D eigenvalue weighted by Gasteiger charge is 2.08. The summed E-state index contributed by atoms with van der Waals surface area (Å²) >= 11 is 0. The van der Waals surface area contributed by atoms with Crippen LogP contribution in [0.1, 0.15) is 36.5 Å². The number of nitrogens with zero attached hydrogens (tertiary/aromatic N) is 1. The van der Waals surface area contributed by atoms with Crippen molar-refractivity contribution >= 4 is 5.69 Å². The molecule has 0 fully saturated rings. The van der Waals surface area contributed by atoms with Crippen LogP contribution in [0.3, 0.4) is 0 Å². The van der Waals surface area contributed by atoms with Crippen molar-refractivity contribution in [3.05, 3.63) is 47.2 Å². The van der Waals surface area contributed by atoms with Crippen LogP contribution in [0.2, 0.25) is 0 Å². The molecular formula is C16H20N2O. The van der Waals surface area contributed by atoms with E-state index in [1.54, 1.807) is 6.20 Å². The third-order valence-electron chi connectivity index (χ3n) is 3.25. The molecule has 0 spiro atoms. The summed E-state index contributed by atoms with van der Waals surface area (Å²) in [6, 6.07) is 7.96. The van der Waals surface area contributed by atoms with Gasteiger partial charge in [-0.2, -0.15) is 0 Å². The van der Waals surface area contributed by atoms with Crippen molar-refractivity contribution < 1.29 is 4.74 Å². The Kier molecular flexibility index (Phi) is 3.74. The summed E-state index contributed by atoms with van der Waals surface area (Å²) in [5, 5.41) is 0. The molecule has 2 N–H and O–H groups in total. The van der Waals surface area contributed by atoms with Crippen molar-refractivity contribution in [1.29, 1.82) is 0 Å². The van der Waals surface area contributed by atoms with Gasteiger partial charge in [0.1, 0.15) is 5.75 Å². The topological polar surface area (TPSA) is 48.1 Å². The Labute approximate surface area is 114 Å². The average Bonchev–Trinajstić information content (AvgIpc) is 2.34. The molecular weight excluding hydrogens is 236 g/mol. The Hall–Kier alpha value is -2.03. The molecule has 1 aromatic heterocycles. The molecule has 0 aliphatic heterocycles. The lowest BCUT2D eigenvalue weighted by atomic mass is 9.98. The van der Waals surface area contributed by atoms with Gasteiger partial charge >= 0.3 is 0 Å². The smallest absolute Gasteiger partial charge is 0.242 e. The second-order valence-corrected chi connectivity index (χ2v) is 5.12. The van der Waals surface area contributed by atoms with Crippen molar-refractivity contribution in [3.63, 3.8) is 0 Å². The molecule has 0 bridgehead atoms. The Morgan fingerprint density at radius 3 is 2.47 bits per heavy atom. The van der Waals surface area contributed by atoms with Crippen LogP contribution in [0.5, 0.6) is 11.6 Å². The van der Waals surface area contributed by atoms with Crippen LogP contribution < -0.4 is 10.5 Å². The molecule has 3 heteroatoms. The van der Waals surface area contributed by atoms with Gasteiger partial charge in [0, 0.05) is 6.20 Å². The molecule has 0 saturated heterocycles. The Bertz CT molecular complexity index is 591. The Morgan fingerprint density at radius 1 is 1.11 bits per heavy atom. The van der Waals surface area contributed by atoms with Crippen molar-refractivity contribution in [2.45, 2.75) is 33.6 Å². The van der Waals surface area contributed by atoms with Crippen LogP contribution in [0.25, 0.3) is 0 Å². The van der Waals surface area contributed by atoms with Crippen LogP contribution in [0, 0.1) is 13.8 Å². The minimum atomic E-state index is 0.469. The first-order valence-corrected chi connectivity index (χ1v) is 6.48. The summed E-state index contributed by atoms with van der Waals surface area (Å²) in [5.74, 6) is 1.75. The fourth-order valence-corrected chi connectivity index (χ4v) is 2.10. The molecule has 0 saturated carbocycles. The monoisotopic (exact) mass is 256 g/mol. The predicted octanol–water partition coefficient (Wildman–Crippen LogP) is 4.20. The zero-order valence-electron chi connectivity index (χ0n) is 11.9. The second kappa shape index (κ2) is 5.31. The molecule has 0 aliphatic rings. The van der Waals surface area contributed by atoms with E-state index in [-0.39, 0.29) is 0 Å². The van der Waals surface area contributed by atoms with Gasteiger partial charge in [-0.05, 0) is 54.7 Å².